The second-order valence-corrected chi connectivity index (χ2v) is 7.85. The van der Waals surface area contributed by atoms with Crippen molar-refractivity contribution in [2.75, 3.05) is 49.9 Å². The molecule has 2 aromatic rings. The van der Waals surface area contributed by atoms with E-state index < -0.39 is 0 Å². The minimum absolute atomic E-state index is 0.130. The van der Waals surface area contributed by atoms with Gasteiger partial charge < -0.3 is 15.5 Å². The lowest BCUT2D eigenvalue weighted by molar-refractivity contribution is -0.132. The second-order valence-electron chi connectivity index (χ2n) is 7.85. The summed E-state index contributed by atoms with van der Waals surface area (Å²) in [6.07, 6.45) is 2.44. The van der Waals surface area contributed by atoms with Crippen LogP contribution in [0.25, 0.3) is 0 Å². The quantitative estimate of drug-likeness (QED) is 0.808. The van der Waals surface area contributed by atoms with Gasteiger partial charge in [0, 0.05) is 44.1 Å². The molecule has 4 rings (SSSR count). The van der Waals surface area contributed by atoms with Crippen LogP contribution in [0.3, 0.4) is 0 Å². The van der Waals surface area contributed by atoms with Crippen molar-refractivity contribution in [1.82, 2.24) is 9.80 Å². The van der Waals surface area contributed by atoms with E-state index in [0.29, 0.717) is 31.7 Å². The number of piperazine rings is 1. The summed E-state index contributed by atoms with van der Waals surface area (Å²) in [5, 5.41) is 0. The van der Waals surface area contributed by atoms with Crippen LogP contribution in [-0.2, 0) is 22.4 Å². The first-order valence-corrected chi connectivity index (χ1v) is 10.3. The Morgan fingerprint density at radius 1 is 0.862 bits per heavy atom. The number of anilines is 2. The third-order valence-electron chi connectivity index (χ3n) is 5.83. The summed E-state index contributed by atoms with van der Waals surface area (Å²) in [4.78, 5) is 31.5. The highest BCUT2D eigenvalue weighted by Gasteiger charge is 2.26. The molecule has 2 N–H and O–H groups in total. The van der Waals surface area contributed by atoms with E-state index in [1.165, 1.54) is 5.56 Å². The molecule has 0 aliphatic carbocycles. The molecule has 29 heavy (non-hydrogen) atoms. The monoisotopic (exact) mass is 392 g/mol. The van der Waals surface area contributed by atoms with E-state index in [-0.39, 0.29) is 11.8 Å². The number of hydrogen-bond donors (Lipinski definition) is 1. The Hall–Kier alpha value is -2.86. The van der Waals surface area contributed by atoms with Crippen molar-refractivity contribution < 1.29 is 9.59 Å². The number of amides is 2. The zero-order valence-electron chi connectivity index (χ0n) is 16.7. The number of rotatable bonds is 4. The number of nitrogen functional groups attached to an aromatic ring is 1. The van der Waals surface area contributed by atoms with E-state index in [9.17, 15) is 9.59 Å². The maximum atomic E-state index is 12.9. The van der Waals surface area contributed by atoms with Gasteiger partial charge in [-0.05, 0) is 42.2 Å². The van der Waals surface area contributed by atoms with E-state index in [4.69, 9.17) is 5.73 Å². The number of fused-ring (bicyclic) bond motifs is 1. The Morgan fingerprint density at radius 3 is 2.34 bits per heavy atom. The predicted octanol–water partition coefficient (Wildman–Crippen LogP) is 1.93. The minimum Gasteiger partial charge on any atom is -0.399 e. The summed E-state index contributed by atoms with van der Waals surface area (Å²) in [6.45, 7) is 3.99. The normalized spacial score (nSPS) is 17.1. The molecule has 0 radical (unpaired) electrons. The van der Waals surface area contributed by atoms with Crippen LogP contribution in [-0.4, -0.2) is 60.9 Å². The Morgan fingerprint density at radius 2 is 1.59 bits per heavy atom. The minimum atomic E-state index is 0.130. The van der Waals surface area contributed by atoms with Crippen LogP contribution in [0.2, 0.25) is 0 Å². The summed E-state index contributed by atoms with van der Waals surface area (Å²) in [5.41, 5.74) is 9.70. The summed E-state index contributed by atoms with van der Waals surface area (Å²) >= 11 is 0. The number of hydrogen-bond acceptors (Lipinski definition) is 4. The Labute approximate surface area is 171 Å². The van der Waals surface area contributed by atoms with Crippen LogP contribution in [0.5, 0.6) is 0 Å². The van der Waals surface area contributed by atoms with Gasteiger partial charge in [-0.2, -0.15) is 0 Å². The van der Waals surface area contributed by atoms with Crippen molar-refractivity contribution in [2.45, 2.75) is 19.3 Å². The molecular formula is C23H28N4O2. The van der Waals surface area contributed by atoms with Crippen LogP contribution >= 0.6 is 0 Å². The molecule has 0 spiro atoms. The molecule has 0 saturated carbocycles. The number of benzene rings is 2. The maximum Gasteiger partial charge on any atom is 0.241 e. The molecule has 0 bridgehead atoms. The van der Waals surface area contributed by atoms with Crippen LogP contribution < -0.4 is 10.6 Å². The van der Waals surface area contributed by atoms with Crippen molar-refractivity contribution in [3.63, 3.8) is 0 Å². The lowest BCUT2D eigenvalue weighted by Crippen LogP contribution is -2.52. The fraction of sp³-hybridized carbons (Fsp3) is 0.391. The topological polar surface area (TPSA) is 69.9 Å². The average Bonchev–Trinajstić information content (AvgIpc) is 2.75. The van der Waals surface area contributed by atoms with E-state index in [2.05, 4.69) is 11.0 Å². The zero-order valence-corrected chi connectivity index (χ0v) is 16.7. The lowest BCUT2D eigenvalue weighted by Gasteiger charge is -2.36. The Balaban J connectivity index is 1.28. The molecule has 2 aromatic carbocycles. The summed E-state index contributed by atoms with van der Waals surface area (Å²) in [6, 6.07) is 15.6. The summed E-state index contributed by atoms with van der Waals surface area (Å²) in [7, 11) is 0. The predicted molar refractivity (Wildman–Crippen MR) is 115 cm³/mol. The van der Waals surface area contributed by atoms with Gasteiger partial charge in [0.05, 0.1) is 13.0 Å². The van der Waals surface area contributed by atoms with Gasteiger partial charge in [-0.15, -0.1) is 0 Å². The smallest absolute Gasteiger partial charge is 0.241 e. The van der Waals surface area contributed by atoms with Crippen LogP contribution in [0.1, 0.15) is 17.5 Å². The maximum absolute atomic E-state index is 12.9. The third-order valence-corrected chi connectivity index (χ3v) is 5.83. The van der Waals surface area contributed by atoms with Crippen LogP contribution in [0, 0.1) is 0 Å². The molecule has 6 heteroatoms. The molecule has 1 fully saturated rings. The highest BCUT2D eigenvalue weighted by Crippen LogP contribution is 2.26. The average molecular weight is 393 g/mol. The van der Waals surface area contributed by atoms with Gasteiger partial charge >= 0.3 is 0 Å². The summed E-state index contributed by atoms with van der Waals surface area (Å²) < 4.78 is 0. The van der Waals surface area contributed by atoms with Crippen molar-refractivity contribution in [3.05, 3.63) is 59.7 Å². The van der Waals surface area contributed by atoms with Crippen molar-refractivity contribution in [1.29, 1.82) is 0 Å². The van der Waals surface area contributed by atoms with E-state index in [1.807, 2.05) is 52.3 Å². The number of nitrogens with two attached hydrogens (primary N) is 1. The van der Waals surface area contributed by atoms with Gasteiger partial charge in [-0.25, -0.2) is 0 Å². The Bertz CT molecular complexity index is 873. The van der Waals surface area contributed by atoms with Crippen molar-refractivity contribution in [3.8, 4) is 0 Å². The molecule has 0 aromatic heterocycles. The van der Waals surface area contributed by atoms with E-state index in [1.54, 1.807) is 0 Å². The molecule has 1 saturated heterocycles. The first kappa shape index (κ1) is 19.5. The van der Waals surface area contributed by atoms with Gasteiger partial charge in [-0.3, -0.25) is 14.5 Å². The van der Waals surface area contributed by atoms with Crippen LogP contribution in [0.15, 0.2) is 48.5 Å². The standard InChI is InChI=1S/C23H28N4O2/c24-20-9-7-18(8-10-20)16-22(28)26-14-12-25(13-15-26)17-23(29)27-11-3-5-19-4-1-2-6-21(19)27/h1-2,4,6-10H,3,5,11-17,24H2. The molecule has 2 aliphatic heterocycles. The number of aryl methyl sites for hydroxylation is 1. The fourth-order valence-corrected chi connectivity index (χ4v) is 4.15. The molecule has 2 aliphatic rings. The van der Waals surface area contributed by atoms with Crippen molar-refractivity contribution in [2.24, 2.45) is 0 Å². The zero-order chi connectivity index (χ0) is 20.2. The van der Waals surface area contributed by atoms with Gasteiger partial charge in [0.1, 0.15) is 0 Å². The van der Waals surface area contributed by atoms with E-state index in [0.717, 1.165) is 43.7 Å². The summed E-state index contributed by atoms with van der Waals surface area (Å²) in [5.74, 6) is 0.282. The van der Waals surface area contributed by atoms with Crippen LogP contribution in [0.4, 0.5) is 11.4 Å². The highest BCUT2D eigenvalue weighted by atomic mass is 16.2. The fourth-order valence-electron chi connectivity index (χ4n) is 4.15. The van der Waals surface area contributed by atoms with Gasteiger partial charge in [-0.1, -0.05) is 30.3 Å². The molecule has 2 heterocycles. The van der Waals surface area contributed by atoms with E-state index >= 15 is 0 Å². The second kappa shape index (κ2) is 8.66. The van der Waals surface area contributed by atoms with Gasteiger partial charge in [0.2, 0.25) is 11.8 Å². The molecule has 2 amide bonds. The molecular weight excluding hydrogens is 364 g/mol. The number of carbonyl (C=O) groups is 2. The van der Waals surface area contributed by atoms with Gasteiger partial charge in [0.25, 0.3) is 0 Å². The Kier molecular flexibility index (Phi) is 5.81. The molecule has 0 unspecified atom stereocenters. The molecule has 0 atom stereocenters. The van der Waals surface area contributed by atoms with Crippen molar-refractivity contribution >= 4 is 23.2 Å². The number of nitrogens with zero attached hydrogens (tertiary/aromatic N) is 3. The molecule has 6 nitrogen and oxygen atoms in total. The molecule has 152 valence electrons. The largest absolute Gasteiger partial charge is 0.399 e. The SMILES string of the molecule is Nc1ccc(CC(=O)N2CCN(CC(=O)N3CCCc4ccccc43)CC2)cc1. The first-order chi connectivity index (χ1) is 14.1. The first-order valence-electron chi connectivity index (χ1n) is 10.3. The number of para-hydroxylation sites is 1. The lowest BCUT2D eigenvalue weighted by atomic mass is 10.0. The highest BCUT2D eigenvalue weighted by molar-refractivity contribution is 5.96. The van der Waals surface area contributed by atoms with Gasteiger partial charge in [0.15, 0.2) is 0 Å². The number of carbonyl (C=O) groups excluding carboxylic acids is 2. The third kappa shape index (κ3) is 4.59.